The molecule has 3 aromatic rings. The summed E-state index contributed by atoms with van der Waals surface area (Å²) in [6.45, 7) is 1.83. The van der Waals surface area contributed by atoms with Crippen molar-refractivity contribution >= 4 is 12.6 Å². The first-order valence-electron chi connectivity index (χ1n) is 7.57. The molecule has 0 spiro atoms. The summed E-state index contributed by atoms with van der Waals surface area (Å²) in [7, 11) is 3.75. The average Bonchev–Trinajstić information content (AvgIpc) is 2.91. The molecule has 2 N–H and O–H groups in total. The van der Waals surface area contributed by atoms with Gasteiger partial charge in [-0.2, -0.15) is 5.26 Å². The van der Waals surface area contributed by atoms with Gasteiger partial charge in [0, 0.05) is 16.8 Å². The van der Waals surface area contributed by atoms with E-state index in [-0.39, 0.29) is 5.56 Å². The third-order valence-electron chi connectivity index (χ3n) is 3.34. The van der Waals surface area contributed by atoms with Crippen molar-refractivity contribution in [3.63, 3.8) is 0 Å². The molecule has 0 bridgehead atoms. The van der Waals surface area contributed by atoms with E-state index in [9.17, 15) is 4.79 Å². The van der Waals surface area contributed by atoms with Crippen molar-refractivity contribution in [2.75, 3.05) is 14.1 Å². The van der Waals surface area contributed by atoms with E-state index in [2.05, 4.69) is 34.1 Å². The minimum atomic E-state index is -0.179. The van der Waals surface area contributed by atoms with E-state index in [4.69, 9.17) is 5.26 Å². The van der Waals surface area contributed by atoms with Crippen molar-refractivity contribution in [1.82, 2.24) is 20.1 Å². The Hall–Kier alpha value is -2.82. The zero-order valence-electron chi connectivity index (χ0n) is 14.2. The second-order valence-corrected chi connectivity index (χ2v) is 5.83. The molecule has 2 heterocycles. The number of aryl methyl sites for hydroxylation is 1. The van der Waals surface area contributed by atoms with Crippen molar-refractivity contribution in [1.29, 1.82) is 5.26 Å². The van der Waals surface area contributed by atoms with Gasteiger partial charge in [0.25, 0.3) is 5.56 Å². The largest absolute Gasteiger partial charge is 0.323 e. The van der Waals surface area contributed by atoms with E-state index in [1.54, 1.807) is 42.6 Å². The topological polar surface area (TPSA) is 86.5 Å². The second-order valence-electron chi connectivity index (χ2n) is 5.32. The lowest BCUT2D eigenvalue weighted by atomic mass is 10.1. The third-order valence-corrected chi connectivity index (χ3v) is 3.60. The van der Waals surface area contributed by atoms with E-state index >= 15 is 0 Å². The number of nitriles is 1. The van der Waals surface area contributed by atoms with Crippen molar-refractivity contribution in [3.05, 3.63) is 64.2 Å². The zero-order chi connectivity index (χ0) is 18.4. The number of rotatable bonds is 2. The molecule has 3 rings (SSSR count). The van der Waals surface area contributed by atoms with Gasteiger partial charge in [0.2, 0.25) is 0 Å². The number of nitrogens with zero attached hydrogens (tertiary/aromatic N) is 3. The van der Waals surface area contributed by atoms with Crippen LogP contribution in [-0.4, -0.2) is 28.9 Å². The van der Waals surface area contributed by atoms with Crippen LogP contribution >= 0.6 is 12.6 Å². The highest BCUT2D eigenvalue weighted by Gasteiger charge is 2.14. The molecule has 0 saturated heterocycles. The molecule has 0 radical (unpaired) electrons. The number of aromatic nitrogens is 3. The normalized spacial score (nSPS) is 9.88. The quantitative estimate of drug-likeness (QED) is 0.618. The molecule has 0 amide bonds. The first-order chi connectivity index (χ1) is 12.0. The smallest absolute Gasteiger partial charge is 0.280 e. The minimum Gasteiger partial charge on any atom is -0.323 e. The number of aromatic amines is 1. The van der Waals surface area contributed by atoms with Crippen LogP contribution in [0.15, 0.2) is 52.3 Å². The maximum atomic E-state index is 12.6. The maximum absolute atomic E-state index is 12.6. The van der Waals surface area contributed by atoms with Crippen LogP contribution in [0.1, 0.15) is 11.3 Å². The third kappa shape index (κ3) is 4.18. The summed E-state index contributed by atoms with van der Waals surface area (Å²) in [5.41, 5.74) is 2.46. The Bertz CT molecular complexity index is 934. The first kappa shape index (κ1) is 18.5. The molecule has 0 aliphatic heterocycles. The lowest BCUT2D eigenvalue weighted by Crippen LogP contribution is -2.16. The fourth-order valence-electron chi connectivity index (χ4n) is 2.27. The number of hydrogen-bond acceptors (Lipinski definition) is 5. The van der Waals surface area contributed by atoms with E-state index in [0.29, 0.717) is 16.9 Å². The summed E-state index contributed by atoms with van der Waals surface area (Å²) >= 11 is 4.19. The Labute approximate surface area is 151 Å². The van der Waals surface area contributed by atoms with Gasteiger partial charge in [-0.3, -0.25) is 9.89 Å². The fourth-order valence-corrected chi connectivity index (χ4v) is 2.40. The number of H-pyrrole nitrogens is 1. The standard InChI is InChI=1S/C16H12N4OS.C2H7N/c1-10-15(12-4-2-11(8-17)3-5-12)16(21)20(19-10)14-7-6-13(22)9-18-14;1-3-2/h2-7,9,19,22H,1H3;3H,1-2H3. The molecule has 0 unspecified atom stereocenters. The summed E-state index contributed by atoms with van der Waals surface area (Å²) in [6, 6.07) is 12.5. The Morgan fingerprint density at radius 2 is 1.84 bits per heavy atom. The van der Waals surface area contributed by atoms with Crippen LogP contribution in [-0.2, 0) is 0 Å². The highest BCUT2D eigenvalue weighted by atomic mass is 32.1. The number of nitrogens with one attached hydrogen (secondary N) is 2. The predicted molar refractivity (Wildman–Crippen MR) is 101 cm³/mol. The van der Waals surface area contributed by atoms with Crippen LogP contribution in [0.5, 0.6) is 0 Å². The van der Waals surface area contributed by atoms with Crippen LogP contribution in [0.2, 0.25) is 0 Å². The van der Waals surface area contributed by atoms with Crippen LogP contribution in [0, 0.1) is 18.3 Å². The van der Waals surface area contributed by atoms with Crippen LogP contribution in [0.3, 0.4) is 0 Å². The molecular weight excluding hydrogens is 334 g/mol. The van der Waals surface area contributed by atoms with Gasteiger partial charge in [0.05, 0.1) is 17.2 Å². The average molecular weight is 353 g/mol. The summed E-state index contributed by atoms with van der Waals surface area (Å²) in [6.07, 6.45) is 1.59. The molecule has 0 aliphatic carbocycles. The number of thiol groups is 1. The van der Waals surface area contributed by atoms with Crippen molar-refractivity contribution in [2.45, 2.75) is 11.8 Å². The minimum absolute atomic E-state index is 0.179. The van der Waals surface area contributed by atoms with Crippen molar-refractivity contribution in [3.8, 4) is 23.0 Å². The van der Waals surface area contributed by atoms with Gasteiger partial charge in [-0.25, -0.2) is 9.67 Å². The van der Waals surface area contributed by atoms with Crippen molar-refractivity contribution in [2.24, 2.45) is 0 Å². The van der Waals surface area contributed by atoms with Crippen LogP contribution < -0.4 is 10.9 Å². The molecular formula is C18H19N5OS. The molecule has 1 aromatic carbocycles. The van der Waals surface area contributed by atoms with Gasteiger partial charge in [-0.1, -0.05) is 12.1 Å². The van der Waals surface area contributed by atoms with Gasteiger partial charge in [0.15, 0.2) is 5.82 Å². The fraction of sp³-hybridized carbons (Fsp3) is 0.167. The number of pyridine rings is 1. The molecule has 0 fully saturated rings. The summed E-state index contributed by atoms with van der Waals surface area (Å²) < 4.78 is 1.40. The van der Waals surface area contributed by atoms with E-state index < -0.39 is 0 Å². The van der Waals surface area contributed by atoms with E-state index in [1.807, 2.05) is 21.0 Å². The van der Waals surface area contributed by atoms with Gasteiger partial charge in [-0.15, -0.1) is 12.6 Å². The second kappa shape index (κ2) is 8.33. The lowest BCUT2D eigenvalue weighted by Gasteiger charge is -2.00. The number of benzene rings is 1. The van der Waals surface area contributed by atoms with Crippen molar-refractivity contribution < 1.29 is 0 Å². The monoisotopic (exact) mass is 353 g/mol. The SMILES string of the molecule is CNC.Cc1[nH]n(-c2ccc(S)cn2)c(=O)c1-c1ccc(C#N)cc1. The van der Waals surface area contributed by atoms with E-state index in [0.717, 1.165) is 16.2 Å². The summed E-state index contributed by atoms with van der Waals surface area (Å²) in [5, 5.41) is 14.6. The van der Waals surface area contributed by atoms with Gasteiger partial charge >= 0.3 is 0 Å². The first-order valence-corrected chi connectivity index (χ1v) is 8.02. The molecule has 128 valence electrons. The van der Waals surface area contributed by atoms with Gasteiger partial charge in [0.1, 0.15) is 0 Å². The zero-order valence-corrected chi connectivity index (χ0v) is 15.1. The molecule has 0 saturated carbocycles. The Kier molecular flexibility index (Phi) is 6.17. The molecule has 7 heteroatoms. The maximum Gasteiger partial charge on any atom is 0.280 e. The van der Waals surface area contributed by atoms with Gasteiger partial charge in [-0.05, 0) is 50.8 Å². The Balaban J connectivity index is 0.000000701. The van der Waals surface area contributed by atoms with E-state index in [1.165, 1.54) is 4.68 Å². The highest BCUT2D eigenvalue weighted by Crippen LogP contribution is 2.20. The molecule has 0 aliphatic rings. The van der Waals surface area contributed by atoms with Crippen LogP contribution in [0.4, 0.5) is 0 Å². The molecule has 6 nitrogen and oxygen atoms in total. The summed E-state index contributed by atoms with van der Waals surface area (Å²) in [5.74, 6) is 0.505. The van der Waals surface area contributed by atoms with Gasteiger partial charge < -0.3 is 5.32 Å². The molecule has 25 heavy (non-hydrogen) atoms. The molecule has 0 atom stereocenters. The summed E-state index contributed by atoms with van der Waals surface area (Å²) in [4.78, 5) is 17.6. The Morgan fingerprint density at radius 3 is 2.36 bits per heavy atom. The van der Waals surface area contributed by atoms with Crippen LogP contribution in [0.25, 0.3) is 16.9 Å². The lowest BCUT2D eigenvalue weighted by molar-refractivity contribution is 0.804. The number of hydrogen-bond donors (Lipinski definition) is 3. The highest BCUT2D eigenvalue weighted by molar-refractivity contribution is 7.80. The molecule has 2 aromatic heterocycles. The Morgan fingerprint density at radius 1 is 1.20 bits per heavy atom. The predicted octanol–water partition coefficient (Wildman–Crippen LogP) is 2.53.